The zero-order valence-electron chi connectivity index (χ0n) is 16.2. The zero-order chi connectivity index (χ0) is 20.2. The molecule has 0 saturated heterocycles. The Morgan fingerprint density at radius 1 is 0.600 bits per heavy atom. The fourth-order valence-electron chi connectivity index (χ4n) is 3.79. The first-order valence-electron chi connectivity index (χ1n) is 9.78. The smallest absolute Gasteiger partial charge is 0.214 e. The minimum Gasteiger partial charge on any atom is -0.330 e. The van der Waals surface area contributed by atoms with Crippen molar-refractivity contribution in [3.05, 3.63) is 84.4 Å². The fraction of sp³-hybridized carbons (Fsp3) is 0.0909. The molecule has 8 heteroatoms. The lowest BCUT2D eigenvalue weighted by Crippen LogP contribution is -2.23. The molecule has 0 unspecified atom stereocenters. The first-order chi connectivity index (χ1) is 14.9. The van der Waals surface area contributed by atoms with Gasteiger partial charge < -0.3 is 9.97 Å². The van der Waals surface area contributed by atoms with Crippen LogP contribution in [0.5, 0.6) is 0 Å². The van der Waals surface area contributed by atoms with E-state index in [4.69, 9.17) is 0 Å². The van der Waals surface area contributed by atoms with Crippen molar-refractivity contribution in [1.29, 1.82) is 0 Å². The monoisotopic (exact) mass is 398 g/mol. The van der Waals surface area contributed by atoms with Crippen molar-refractivity contribution < 1.29 is 0 Å². The van der Waals surface area contributed by atoms with E-state index in [1.165, 1.54) is 32.7 Å². The summed E-state index contributed by atoms with van der Waals surface area (Å²) >= 11 is 0. The lowest BCUT2D eigenvalue weighted by atomic mass is 9.91. The SMILES string of the molecule is c1ccc2c(CNNc3ncc[nH]3)c3ccccc3c(CNNc3ncc[nH]3)c2c1. The molecule has 0 spiro atoms. The number of hydrogen-bond acceptors (Lipinski definition) is 6. The predicted octanol–water partition coefficient (Wildman–Crippen LogP) is 3.67. The first kappa shape index (κ1) is 18.2. The number of H-pyrrole nitrogens is 2. The summed E-state index contributed by atoms with van der Waals surface area (Å²) < 4.78 is 0. The number of aromatic nitrogens is 4. The Morgan fingerprint density at radius 3 is 1.33 bits per heavy atom. The van der Waals surface area contributed by atoms with Gasteiger partial charge in [-0.3, -0.25) is 10.9 Å². The second-order valence-electron chi connectivity index (χ2n) is 6.88. The number of hydrogen-bond donors (Lipinski definition) is 6. The number of benzene rings is 3. The number of aromatic amines is 2. The molecule has 5 rings (SSSR count). The lowest BCUT2D eigenvalue weighted by Gasteiger charge is -2.18. The van der Waals surface area contributed by atoms with Crippen LogP contribution in [0, 0.1) is 0 Å². The number of hydrazine groups is 2. The van der Waals surface area contributed by atoms with Crippen LogP contribution in [-0.4, -0.2) is 19.9 Å². The van der Waals surface area contributed by atoms with Gasteiger partial charge in [-0.1, -0.05) is 48.5 Å². The van der Waals surface area contributed by atoms with Gasteiger partial charge in [0.1, 0.15) is 0 Å². The number of nitrogens with zero attached hydrogens (tertiary/aromatic N) is 2. The highest BCUT2D eigenvalue weighted by Gasteiger charge is 2.13. The second-order valence-corrected chi connectivity index (χ2v) is 6.88. The number of nitrogens with one attached hydrogen (secondary N) is 6. The Labute approximate surface area is 173 Å². The molecule has 5 aromatic rings. The van der Waals surface area contributed by atoms with Crippen LogP contribution in [0.3, 0.4) is 0 Å². The van der Waals surface area contributed by atoms with E-state index in [9.17, 15) is 0 Å². The van der Waals surface area contributed by atoms with Gasteiger partial charge >= 0.3 is 0 Å². The molecule has 0 aliphatic rings. The van der Waals surface area contributed by atoms with Crippen LogP contribution in [0.4, 0.5) is 11.9 Å². The van der Waals surface area contributed by atoms with Crippen molar-refractivity contribution in [2.75, 3.05) is 10.9 Å². The van der Waals surface area contributed by atoms with Crippen LogP contribution >= 0.6 is 0 Å². The minimum absolute atomic E-state index is 0.653. The predicted molar refractivity (Wildman–Crippen MR) is 120 cm³/mol. The highest BCUT2D eigenvalue weighted by Crippen LogP contribution is 2.33. The van der Waals surface area contributed by atoms with Crippen LogP contribution in [0.25, 0.3) is 21.5 Å². The van der Waals surface area contributed by atoms with E-state index in [0.29, 0.717) is 25.0 Å². The molecule has 0 amide bonds. The van der Waals surface area contributed by atoms with E-state index in [-0.39, 0.29) is 0 Å². The zero-order valence-corrected chi connectivity index (χ0v) is 16.2. The Balaban J connectivity index is 1.50. The molecular formula is C22H22N8. The highest BCUT2D eigenvalue weighted by molar-refractivity contribution is 6.05. The number of rotatable bonds is 8. The van der Waals surface area contributed by atoms with Crippen molar-refractivity contribution in [2.24, 2.45) is 0 Å². The van der Waals surface area contributed by atoms with Gasteiger partial charge in [0.15, 0.2) is 0 Å². The van der Waals surface area contributed by atoms with Crippen molar-refractivity contribution in [3.63, 3.8) is 0 Å². The molecule has 3 aromatic carbocycles. The van der Waals surface area contributed by atoms with Crippen LogP contribution in [0.1, 0.15) is 11.1 Å². The molecule has 2 heterocycles. The van der Waals surface area contributed by atoms with Crippen molar-refractivity contribution in [2.45, 2.75) is 13.1 Å². The molecule has 0 atom stereocenters. The second kappa shape index (κ2) is 8.24. The summed E-state index contributed by atoms with van der Waals surface area (Å²) in [6.07, 6.45) is 7.00. The first-order valence-corrected chi connectivity index (χ1v) is 9.78. The van der Waals surface area contributed by atoms with Crippen LogP contribution in [0.2, 0.25) is 0 Å². The molecule has 0 saturated carbocycles. The third-order valence-corrected chi connectivity index (χ3v) is 5.09. The Hall–Kier alpha value is -3.88. The summed E-state index contributed by atoms with van der Waals surface area (Å²) in [7, 11) is 0. The molecule has 0 aliphatic carbocycles. The van der Waals surface area contributed by atoms with Gasteiger partial charge in [0.25, 0.3) is 0 Å². The number of imidazole rings is 2. The Morgan fingerprint density at radius 2 is 1.00 bits per heavy atom. The largest absolute Gasteiger partial charge is 0.330 e. The minimum atomic E-state index is 0.653. The number of fused-ring (bicyclic) bond motifs is 2. The van der Waals surface area contributed by atoms with E-state index in [1.54, 1.807) is 24.8 Å². The van der Waals surface area contributed by atoms with Crippen molar-refractivity contribution >= 4 is 33.4 Å². The molecule has 0 radical (unpaired) electrons. The summed E-state index contributed by atoms with van der Waals surface area (Å²) in [4.78, 5) is 14.4. The quantitative estimate of drug-likeness (QED) is 0.176. The lowest BCUT2D eigenvalue weighted by molar-refractivity contribution is 0.792. The molecule has 150 valence electrons. The van der Waals surface area contributed by atoms with Crippen LogP contribution in [0.15, 0.2) is 73.3 Å². The molecule has 0 bridgehead atoms. The van der Waals surface area contributed by atoms with E-state index >= 15 is 0 Å². The summed E-state index contributed by atoms with van der Waals surface area (Å²) in [5.74, 6) is 1.38. The average molecular weight is 398 g/mol. The molecule has 0 fully saturated rings. The van der Waals surface area contributed by atoms with Gasteiger partial charge in [-0.25, -0.2) is 20.8 Å². The van der Waals surface area contributed by atoms with Gasteiger partial charge in [-0.05, 0) is 32.7 Å². The van der Waals surface area contributed by atoms with Gasteiger partial charge in [0.2, 0.25) is 11.9 Å². The standard InChI is InChI=1S/C22H22N8/c1-2-6-16-15(5-1)19(13-27-29-21-23-9-10-24-21)17-7-3-4-8-18(17)20(16)14-28-30-22-25-11-12-26-22/h1-12,27-28H,13-14H2,(H2,23,24,29)(H2,25,26,30). The molecule has 0 aliphatic heterocycles. The maximum Gasteiger partial charge on any atom is 0.214 e. The molecular weight excluding hydrogens is 376 g/mol. The van der Waals surface area contributed by atoms with Gasteiger partial charge in [-0.2, -0.15) is 0 Å². The average Bonchev–Trinajstić information content (AvgIpc) is 3.49. The molecule has 6 N–H and O–H groups in total. The Bertz CT molecular complexity index is 1090. The summed E-state index contributed by atoms with van der Waals surface area (Å²) in [6, 6.07) is 17.0. The normalized spacial score (nSPS) is 11.2. The van der Waals surface area contributed by atoms with Gasteiger partial charge in [0.05, 0.1) is 0 Å². The topological polar surface area (TPSA) is 105 Å². The van der Waals surface area contributed by atoms with Crippen molar-refractivity contribution in [3.8, 4) is 0 Å². The number of anilines is 2. The molecule has 8 nitrogen and oxygen atoms in total. The third kappa shape index (κ3) is 3.57. The summed E-state index contributed by atoms with van der Waals surface area (Å²) in [6.45, 7) is 1.31. The third-order valence-electron chi connectivity index (χ3n) is 5.09. The van der Waals surface area contributed by atoms with E-state index in [1.807, 2.05) is 0 Å². The van der Waals surface area contributed by atoms with Crippen molar-refractivity contribution in [1.82, 2.24) is 30.8 Å². The summed E-state index contributed by atoms with van der Waals surface area (Å²) in [5, 5.41) is 4.89. The van der Waals surface area contributed by atoms with Gasteiger partial charge in [-0.15, -0.1) is 0 Å². The van der Waals surface area contributed by atoms with E-state index < -0.39 is 0 Å². The fourth-order valence-corrected chi connectivity index (χ4v) is 3.79. The van der Waals surface area contributed by atoms with E-state index in [2.05, 4.69) is 90.2 Å². The van der Waals surface area contributed by atoms with Gasteiger partial charge in [0, 0.05) is 37.9 Å². The maximum absolute atomic E-state index is 4.19. The van der Waals surface area contributed by atoms with Crippen LogP contribution in [-0.2, 0) is 13.1 Å². The van der Waals surface area contributed by atoms with E-state index in [0.717, 1.165) is 0 Å². The Kier molecular flexibility index (Phi) is 4.99. The molecule has 30 heavy (non-hydrogen) atoms. The highest BCUT2D eigenvalue weighted by atomic mass is 15.4. The summed E-state index contributed by atoms with van der Waals surface area (Å²) in [5.41, 5.74) is 15.3. The molecule has 2 aromatic heterocycles. The van der Waals surface area contributed by atoms with Crippen LogP contribution < -0.4 is 21.7 Å². The maximum atomic E-state index is 4.19.